The lowest BCUT2D eigenvalue weighted by molar-refractivity contribution is -0.387. The molecule has 120 valence electrons. The largest absolute Gasteiger partial charge is 0.497 e. The first-order chi connectivity index (χ1) is 10.2. The molecule has 0 atom stereocenters. The SMILES string of the molecule is CC/C=C(\C)C(=O)NS(=O)(=O)c1ccc(OC)cc1[N+](=O)[O-]. The monoisotopic (exact) mass is 328 g/mol. The molecule has 0 fully saturated rings. The van der Waals surface area contributed by atoms with Crippen LogP contribution in [0.2, 0.25) is 0 Å². The third-order valence-electron chi connectivity index (χ3n) is 2.75. The number of carbonyl (C=O) groups is 1. The van der Waals surface area contributed by atoms with Crippen LogP contribution in [0.5, 0.6) is 5.75 Å². The molecule has 22 heavy (non-hydrogen) atoms. The number of ether oxygens (including phenoxy) is 1. The van der Waals surface area contributed by atoms with Gasteiger partial charge in [-0.25, -0.2) is 13.1 Å². The van der Waals surface area contributed by atoms with Gasteiger partial charge in [0, 0.05) is 5.57 Å². The predicted molar refractivity (Wildman–Crippen MR) is 79.0 cm³/mol. The van der Waals surface area contributed by atoms with E-state index in [0.717, 1.165) is 12.1 Å². The van der Waals surface area contributed by atoms with Crippen LogP contribution in [0.1, 0.15) is 20.3 Å². The Morgan fingerprint density at radius 3 is 2.59 bits per heavy atom. The summed E-state index contributed by atoms with van der Waals surface area (Å²) in [4.78, 5) is 21.3. The summed E-state index contributed by atoms with van der Waals surface area (Å²) >= 11 is 0. The van der Waals surface area contributed by atoms with Crippen LogP contribution in [0, 0.1) is 10.1 Å². The highest BCUT2D eigenvalue weighted by Crippen LogP contribution is 2.28. The first-order valence-corrected chi connectivity index (χ1v) is 7.77. The zero-order valence-electron chi connectivity index (χ0n) is 12.3. The summed E-state index contributed by atoms with van der Waals surface area (Å²) in [6.45, 7) is 3.25. The Balaban J connectivity index is 3.26. The Hall–Kier alpha value is -2.42. The molecule has 0 heterocycles. The van der Waals surface area contributed by atoms with E-state index in [9.17, 15) is 23.3 Å². The second-order valence-corrected chi connectivity index (χ2v) is 5.97. The van der Waals surface area contributed by atoms with Crippen molar-refractivity contribution in [3.05, 3.63) is 40.0 Å². The van der Waals surface area contributed by atoms with Crippen LogP contribution in [0.25, 0.3) is 0 Å². The van der Waals surface area contributed by atoms with E-state index in [4.69, 9.17) is 4.74 Å². The van der Waals surface area contributed by atoms with Crippen LogP contribution >= 0.6 is 0 Å². The Bertz CT molecular complexity index is 724. The number of hydrogen-bond donors (Lipinski definition) is 1. The highest BCUT2D eigenvalue weighted by Gasteiger charge is 2.28. The number of nitro groups is 1. The molecule has 0 aromatic heterocycles. The highest BCUT2D eigenvalue weighted by atomic mass is 32.2. The van der Waals surface area contributed by atoms with Gasteiger partial charge in [0.25, 0.3) is 21.6 Å². The fourth-order valence-electron chi connectivity index (χ4n) is 1.65. The van der Waals surface area contributed by atoms with Crippen molar-refractivity contribution in [2.45, 2.75) is 25.2 Å². The summed E-state index contributed by atoms with van der Waals surface area (Å²) in [5.74, 6) is -0.689. The molecule has 0 saturated carbocycles. The zero-order valence-corrected chi connectivity index (χ0v) is 13.1. The molecule has 0 unspecified atom stereocenters. The molecule has 1 aromatic rings. The van der Waals surface area contributed by atoms with Crippen LogP contribution in [0.15, 0.2) is 34.7 Å². The minimum atomic E-state index is -4.36. The van der Waals surface area contributed by atoms with Gasteiger partial charge in [-0.2, -0.15) is 0 Å². The second kappa shape index (κ2) is 7.03. The van der Waals surface area contributed by atoms with E-state index in [1.165, 1.54) is 20.1 Å². The van der Waals surface area contributed by atoms with Crippen molar-refractivity contribution in [2.24, 2.45) is 0 Å². The lowest BCUT2D eigenvalue weighted by Crippen LogP contribution is -2.31. The maximum Gasteiger partial charge on any atom is 0.293 e. The van der Waals surface area contributed by atoms with Gasteiger partial charge in [0.2, 0.25) is 0 Å². The number of nitrogens with one attached hydrogen (secondary N) is 1. The van der Waals surface area contributed by atoms with E-state index in [1.54, 1.807) is 13.0 Å². The summed E-state index contributed by atoms with van der Waals surface area (Å²) < 4.78 is 31.0. The fourth-order valence-corrected chi connectivity index (χ4v) is 2.82. The van der Waals surface area contributed by atoms with Crippen molar-refractivity contribution >= 4 is 21.6 Å². The van der Waals surface area contributed by atoms with Crippen LogP contribution < -0.4 is 9.46 Å². The van der Waals surface area contributed by atoms with Crippen LogP contribution in [0.3, 0.4) is 0 Å². The molecule has 1 N–H and O–H groups in total. The number of nitro benzene ring substituents is 1. The molecule has 0 radical (unpaired) electrons. The lowest BCUT2D eigenvalue weighted by Gasteiger charge is -2.08. The number of sulfonamides is 1. The molecule has 0 aliphatic heterocycles. The van der Waals surface area contributed by atoms with Gasteiger partial charge in [0.15, 0.2) is 4.90 Å². The predicted octanol–water partition coefficient (Wildman–Crippen LogP) is 1.76. The number of allylic oxidation sites excluding steroid dienone is 1. The minimum absolute atomic E-state index is 0.138. The van der Waals surface area contributed by atoms with Gasteiger partial charge in [0.1, 0.15) is 5.75 Å². The van der Waals surface area contributed by atoms with Crippen molar-refractivity contribution in [3.8, 4) is 5.75 Å². The average Bonchev–Trinajstić information content (AvgIpc) is 2.46. The van der Waals surface area contributed by atoms with Gasteiger partial charge < -0.3 is 4.74 Å². The van der Waals surface area contributed by atoms with E-state index >= 15 is 0 Å². The molecule has 0 bridgehead atoms. The Kier molecular flexibility index (Phi) is 5.63. The first-order valence-electron chi connectivity index (χ1n) is 6.29. The van der Waals surface area contributed by atoms with Crippen molar-refractivity contribution in [1.29, 1.82) is 0 Å². The van der Waals surface area contributed by atoms with Crippen molar-refractivity contribution in [3.63, 3.8) is 0 Å². The number of rotatable bonds is 6. The van der Waals surface area contributed by atoms with Crippen molar-refractivity contribution < 1.29 is 22.9 Å². The molecule has 0 aliphatic rings. The van der Waals surface area contributed by atoms with Gasteiger partial charge in [-0.05, 0) is 25.5 Å². The van der Waals surface area contributed by atoms with E-state index < -0.39 is 31.4 Å². The number of methoxy groups -OCH3 is 1. The number of nitrogens with zero attached hydrogens (tertiary/aromatic N) is 1. The molecule has 8 nitrogen and oxygen atoms in total. The topological polar surface area (TPSA) is 116 Å². The summed E-state index contributed by atoms with van der Waals surface area (Å²) in [6, 6.07) is 3.26. The summed E-state index contributed by atoms with van der Waals surface area (Å²) in [7, 11) is -3.06. The maximum absolute atomic E-state index is 12.2. The van der Waals surface area contributed by atoms with Crippen molar-refractivity contribution in [2.75, 3.05) is 7.11 Å². The second-order valence-electron chi connectivity index (χ2n) is 4.32. The Morgan fingerprint density at radius 1 is 1.45 bits per heavy atom. The molecule has 1 rings (SSSR count). The first kappa shape index (κ1) is 17.6. The zero-order chi connectivity index (χ0) is 16.9. The third-order valence-corrected chi connectivity index (χ3v) is 4.13. The molecule has 0 spiro atoms. The Morgan fingerprint density at radius 2 is 2.09 bits per heavy atom. The molecule has 1 amide bonds. The number of amides is 1. The number of hydrogen-bond acceptors (Lipinski definition) is 6. The van der Waals surface area contributed by atoms with E-state index in [2.05, 4.69) is 0 Å². The quantitative estimate of drug-likeness (QED) is 0.483. The normalized spacial score (nSPS) is 11.9. The molecule has 0 aliphatic carbocycles. The maximum atomic E-state index is 12.2. The van der Waals surface area contributed by atoms with Crippen LogP contribution in [0.4, 0.5) is 5.69 Å². The van der Waals surface area contributed by atoms with E-state index in [1.807, 2.05) is 4.72 Å². The Labute approximate surface area is 128 Å². The smallest absolute Gasteiger partial charge is 0.293 e. The van der Waals surface area contributed by atoms with E-state index in [-0.39, 0.29) is 11.3 Å². The average molecular weight is 328 g/mol. The minimum Gasteiger partial charge on any atom is -0.497 e. The van der Waals surface area contributed by atoms with Crippen LogP contribution in [-0.4, -0.2) is 26.4 Å². The number of benzene rings is 1. The van der Waals surface area contributed by atoms with E-state index in [0.29, 0.717) is 6.42 Å². The number of carbonyl (C=O) groups excluding carboxylic acids is 1. The third kappa shape index (κ3) is 4.04. The van der Waals surface area contributed by atoms with Gasteiger partial charge >= 0.3 is 0 Å². The van der Waals surface area contributed by atoms with Gasteiger partial charge in [-0.3, -0.25) is 14.9 Å². The molecular formula is C13H16N2O6S. The van der Waals surface area contributed by atoms with Gasteiger partial charge in [-0.1, -0.05) is 13.0 Å². The summed E-state index contributed by atoms with van der Waals surface area (Å²) in [5.41, 5.74) is -0.459. The summed E-state index contributed by atoms with van der Waals surface area (Å²) in [6.07, 6.45) is 2.11. The standard InChI is InChI=1S/C13H16N2O6S/c1-4-5-9(2)13(16)14-22(19,20)12-7-6-10(21-3)8-11(12)15(17)18/h5-8H,4H2,1-3H3,(H,14,16)/b9-5+. The fraction of sp³-hybridized carbons (Fsp3) is 0.308. The highest BCUT2D eigenvalue weighted by molar-refractivity contribution is 7.90. The molecule has 9 heteroatoms. The lowest BCUT2D eigenvalue weighted by atomic mass is 10.2. The molecular weight excluding hydrogens is 312 g/mol. The van der Waals surface area contributed by atoms with Crippen molar-refractivity contribution in [1.82, 2.24) is 4.72 Å². The molecule has 0 saturated heterocycles. The van der Waals surface area contributed by atoms with Gasteiger partial charge in [-0.15, -0.1) is 0 Å². The van der Waals surface area contributed by atoms with Crippen LogP contribution in [-0.2, 0) is 14.8 Å². The summed E-state index contributed by atoms with van der Waals surface area (Å²) in [5, 5.41) is 11.0. The molecule has 1 aromatic carbocycles. The van der Waals surface area contributed by atoms with Gasteiger partial charge in [0.05, 0.1) is 18.1 Å².